The Balaban J connectivity index is 1.38. The predicted octanol–water partition coefficient (Wildman–Crippen LogP) is 2.91. The number of rotatable bonds is 6. The molecule has 1 atom stereocenters. The molecule has 1 N–H and O–H groups in total. The standard InChI is InChI=1S/C19H18N4O5S2/c1-23-17(14-9-27-12-5-3-4-6-13(12)28-14)21-22-19(23)30-10-15(24)20-11-7-8-29-16(11)18(25)26-2/h3-8,14H,9-10H2,1-2H3,(H,20,24). The van der Waals surface area contributed by atoms with Crippen LogP contribution in [0.25, 0.3) is 0 Å². The largest absolute Gasteiger partial charge is 0.485 e. The monoisotopic (exact) mass is 446 g/mol. The molecule has 0 bridgehead atoms. The second kappa shape index (κ2) is 8.76. The molecule has 2 aromatic heterocycles. The summed E-state index contributed by atoms with van der Waals surface area (Å²) in [5.74, 6) is 1.32. The maximum Gasteiger partial charge on any atom is 0.350 e. The highest BCUT2D eigenvalue weighted by molar-refractivity contribution is 7.99. The van der Waals surface area contributed by atoms with Gasteiger partial charge < -0.3 is 24.1 Å². The van der Waals surface area contributed by atoms with Crippen molar-refractivity contribution in [1.29, 1.82) is 0 Å². The molecule has 1 unspecified atom stereocenters. The number of thioether (sulfide) groups is 1. The molecule has 0 saturated heterocycles. The molecule has 3 aromatic rings. The van der Waals surface area contributed by atoms with Crippen molar-refractivity contribution in [2.75, 3.05) is 24.8 Å². The molecular formula is C19H18N4O5S2. The number of benzene rings is 1. The zero-order valence-corrected chi connectivity index (χ0v) is 17.8. The van der Waals surface area contributed by atoms with Crippen molar-refractivity contribution in [2.24, 2.45) is 7.05 Å². The summed E-state index contributed by atoms with van der Waals surface area (Å²) >= 11 is 2.44. The third-order valence-corrected chi connectivity index (χ3v) is 6.22. The smallest absolute Gasteiger partial charge is 0.350 e. The number of carbonyl (C=O) groups is 2. The molecule has 1 aromatic carbocycles. The van der Waals surface area contributed by atoms with Gasteiger partial charge in [-0.15, -0.1) is 21.5 Å². The topological polar surface area (TPSA) is 105 Å². The number of ether oxygens (including phenoxy) is 3. The minimum absolute atomic E-state index is 0.104. The second-order valence-electron chi connectivity index (χ2n) is 6.26. The number of amides is 1. The zero-order valence-electron chi connectivity index (χ0n) is 16.2. The summed E-state index contributed by atoms with van der Waals surface area (Å²) in [5.41, 5.74) is 0.433. The van der Waals surface area contributed by atoms with Gasteiger partial charge >= 0.3 is 5.97 Å². The van der Waals surface area contributed by atoms with E-state index in [2.05, 4.69) is 15.5 Å². The number of thiophene rings is 1. The lowest BCUT2D eigenvalue weighted by Crippen LogP contribution is -2.24. The second-order valence-corrected chi connectivity index (χ2v) is 8.11. The molecule has 4 rings (SSSR count). The quantitative estimate of drug-likeness (QED) is 0.455. The van der Waals surface area contributed by atoms with E-state index in [-0.39, 0.29) is 11.7 Å². The van der Waals surface area contributed by atoms with E-state index in [0.29, 0.717) is 39.7 Å². The van der Waals surface area contributed by atoms with Gasteiger partial charge in [-0.1, -0.05) is 23.9 Å². The van der Waals surface area contributed by atoms with E-state index >= 15 is 0 Å². The Labute approximate surface area is 180 Å². The van der Waals surface area contributed by atoms with E-state index in [9.17, 15) is 9.59 Å². The average molecular weight is 447 g/mol. The number of esters is 1. The van der Waals surface area contributed by atoms with Gasteiger partial charge in [-0.25, -0.2) is 4.79 Å². The van der Waals surface area contributed by atoms with E-state index in [1.807, 2.05) is 31.3 Å². The Morgan fingerprint density at radius 2 is 2.10 bits per heavy atom. The van der Waals surface area contributed by atoms with Crippen molar-refractivity contribution in [1.82, 2.24) is 14.8 Å². The van der Waals surface area contributed by atoms with E-state index < -0.39 is 12.1 Å². The number of anilines is 1. The van der Waals surface area contributed by atoms with Crippen LogP contribution in [0.4, 0.5) is 5.69 Å². The van der Waals surface area contributed by atoms with Gasteiger partial charge in [0.15, 0.2) is 28.6 Å². The van der Waals surface area contributed by atoms with Crippen LogP contribution < -0.4 is 14.8 Å². The van der Waals surface area contributed by atoms with Crippen LogP contribution in [0, 0.1) is 0 Å². The minimum atomic E-state index is -0.484. The first kappa shape index (κ1) is 20.2. The number of nitrogens with one attached hydrogen (secondary N) is 1. The van der Waals surface area contributed by atoms with Crippen molar-refractivity contribution in [3.63, 3.8) is 0 Å². The first-order valence-electron chi connectivity index (χ1n) is 8.93. The zero-order chi connectivity index (χ0) is 21.1. The number of para-hydroxylation sites is 2. The van der Waals surface area contributed by atoms with E-state index in [1.54, 1.807) is 16.0 Å². The predicted molar refractivity (Wildman–Crippen MR) is 111 cm³/mol. The molecule has 3 heterocycles. The molecule has 9 nitrogen and oxygen atoms in total. The van der Waals surface area contributed by atoms with Gasteiger partial charge in [-0.05, 0) is 23.6 Å². The summed E-state index contributed by atoms with van der Waals surface area (Å²) in [4.78, 5) is 24.4. The lowest BCUT2D eigenvalue weighted by Gasteiger charge is -2.25. The maximum atomic E-state index is 12.3. The Kier molecular flexibility index (Phi) is 5.91. The number of nitrogens with zero attached hydrogens (tertiary/aromatic N) is 3. The molecule has 30 heavy (non-hydrogen) atoms. The number of carbonyl (C=O) groups excluding carboxylic acids is 2. The van der Waals surface area contributed by atoms with Gasteiger partial charge in [-0.3, -0.25) is 4.79 Å². The number of hydrogen-bond acceptors (Lipinski definition) is 9. The number of fused-ring (bicyclic) bond motifs is 1. The van der Waals surface area contributed by atoms with Crippen molar-refractivity contribution < 1.29 is 23.8 Å². The molecule has 1 aliphatic rings. The maximum absolute atomic E-state index is 12.3. The third kappa shape index (κ3) is 4.12. The highest BCUT2D eigenvalue weighted by Crippen LogP contribution is 2.35. The van der Waals surface area contributed by atoms with Gasteiger partial charge in [0.25, 0.3) is 0 Å². The fourth-order valence-electron chi connectivity index (χ4n) is 2.85. The summed E-state index contributed by atoms with van der Waals surface area (Å²) < 4.78 is 18.2. The Bertz CT molecular complexity index is 1080. The van der Waals surface area contributed by atoms with Crippen molar-refractivity contribution in [2.45, 2.75) is 11.3 Å². The lowest BCUT2D eigenvalue weighted by atomic mass is 10.2. The minimum Gasteiger partial charge on any atom is -0.485 e. The summed E-state index contributed by atoms with van der Waals surface area (Å²) in [5, 5.41) is 13.4. The Morgan fingerprint density at radius 3 is 2.90 bits per heavy atom. The van der Waals surface area contributed by atoms with Gasteiger partial charge in [0, 0.05) is 7.05 Å². The summed E-state index contributed by atoms with van der Waals surface area (Å²) in [7, 11) is 3.11. The Morgan fingerprint density at radius 1 is 1.30 bits per heavy atom. The fourth-order valence-corrected chi connectivity index (χ4v) is 4.34. The highest BCUT2D eigenvalue weighted by Gasteiger charge is 2.27. The first-order chi connectivity index (χ1) is 14.6. The van der Waals surface area contributed by atoms with Crippen molar-refractivity contribution in [3.05, 3.63) is 46.4 Å². The highest BCUT2D eigenvalue weighted by atomic mass is 32.2. The lowest BCUT2D eigenvalue weighted by molar-refractivity contribution is -0.113. The average Bonchev–Trinajstić information content (AvgIpc) is 3.37. The number of hydrogen-bond donors (Lipinski definition) is 1. The molecule has 0 spiro atoms. The van der Waals surface area contributed by atoms with Crippen LogP contribution in [0.5, 0.6) is 11.5 Å². The van der Waals surface area contributed by atoms with Crippen LogP contribution in [0.1, 0.15) is 21.6 Å². The van der Waals surface area contributed by atoms with E-state index in [1.165, 1.54) is 30.2 Å². The fraction of sp³-hybridized carbons (Fsp3) is 0.263. The van der Waals surface area contributed by atoms with Crippen molar-refractivity contribution >= 4 is 40.7 Å². The third-order valence-electron chi connectivity index (χ3n) is 4.31. The van der Waals surface area contributed by atoms with Crippen LogP contribution in [0.15, 0.2) is 40.9 Å². The van der Waals surface area contributed by atoms with Crippen LogP contribution in [-0.4, -0.2) is 46.1 Å². The summed E-state index contributed by atoms with van der Waals surface area (Å²) in [6.07, 6.45) is -0.394. The van der Waals surface area contributed by atoms with E-state index in [4.69, 9.17) is 14.2 Å². The molecule has 0 aliphatic carbocycles. The summed E-state index contributed by atoms with van der Waals surface area (Å²) in [6.45, 7) is 0.322. The van der Waals surface area contributed by atoms with Crippen LogP contribution >= 0.6 is 23.1 Å². The van der Waals surface area contributed by atoms with E-state index in [0.717, 1.165) is 0 Å². The van der Waals surface area contributed by atoms with Crippen LogP contribution in [0.3, 0.4) is 0 Å². The molecule has 0 radical (unpaired) electrons. The molecule has 11 heteroatoms. The van der Waals surface area contributed by atoms with Gasteiger partial charge in [0.05, 0.1) is 18.6 Å². The van der Waals surface area contributed by atoms with Gasteiger partial charge in [0.2, 0.25) is 5.91 Å². The SMILES string of the molecule is COC(=O)c1sccc1NC(=O)CSc1nnc(C2COc3ccccc3O2)n1C. The summed E-state index contributed by atoms with van der Waals surface area (Å²) in [6, 6.07) is 9.11. The first-order valence-corrected chi connectivity index (χ1v) is 10.8. The number of aromatic nitrogens is 3. The van der Waals surface area contributed by atoms with Gasteiger partial charge in [0.1, 0.15) is 11.5 Å². The molecule has 0 fully saturated rings. The Hall–Kier alpha value is -3.05. The molecular weight excluding hydrogens is 428 g/mol. The van der Waals surface area contributed by atoms with Crippen molar-refractivity contribution in [3.8, 4) is 11.5 Å². The molecule has 0 saturated carbocycles. The van der Waals surface area contributed by atoms with Crippen LogP contribution in [0.2, 0.25) is 0 Å². The molecule has 1 aliphatic heterocycles. The normalized spacial score (nSPS) is 14.9. The van der Waals surface area contributed by atoms with Gasteiger partial charge in [-0.2, -0.15) is 0 Å². The number of methoxy groups -OCH3 is 1. The molecule has 156 valence electrons. The van der Waals surface area contributed by atoms with Crippen LogP contribution in [-0.2, 0) is 16.6 Å². The molecule has 1 amide bonds.